The van der Waals surface area contributed by atoms with Crippen molar-refractivity contribution in [3.63, 3.8) is 0 Å². The van der Waals surface area contributed by atoms with E-state index in [9.17, 15) is 5.11 Å². The summed E-state index contributed by atoms with van der Waals surface area (Å²) in [6.07, 6.45) is 2.67. The van der Waals surface area contributed by atoms with Crippen molar-refractivity contribution in [1.29, 1.82) is 0 Å². The summed E-state index contributed by atoms with van der Waals surface area (Å²) in [7, 11) is 2.10. The van der Waals surface area contributed by atoms with Gasteiger partial charge in [-0.05, 0) is 40.8 Å². The van der Waals surface area contributed by atoms with Crippen LogP contribution >= 0.6 is 0 Å². The zero-order chi connectivity index (χ0) is 9.57. The summed E-state index contributed by atoms with van der Waals surface area (Å²) >= 11 is 0. The van der Waals surface area contributed by atoms with Gasteiger partial charge in [-0.2, -0.15) is 0 Å². The van der Waals surface area contributed by atoms with Crippen LogP contribution in [0, 0.1) is 0 Å². The average Bonchev–Trinajstić information content (AvgIpc) is 1.80. The van der Waals surface area contributed by atoms with E-state index in [1.165, 1.54) is 0 Å². The molecule has 70 valence electrons. The molecule has 12 heavy (non-hydrogen) atoms. The first-order chi connectivity index (χ1) is 5.26. The van der Waals surface area contributed by atoms with E-state index in [4.69, 9.17) is 0 Å². The Labute approximate surface area is 74.9 Å². The van der Waals surface area contributed by atoms with Gasteiger partial charge < -0.3 is 5.11 Å². The van der Waals surface area contributed by atoms with Gasteiger partial charge in [0.05, 0.1) is 5.76 Å². The van der Waals surface area contributed by atoms with Crippen LogP contribution in [0.1, 0.15) is 34.1 Å². The van der Waals surface area contributed by atoms with Gasteiger partial charge in [0.15, 0.2) is 0 Å². The predicted octanol–water partition coefficient (Wildman–Crippen LogP) is 2.32. The van der Waals surface area contributed by atoms with Gasteiger partial charge in [-0.3, -0.25) is 4.90 Å². The minimum Gasteiger partial charge on any atom is -0.513 e. The second kappa shape index (κ2) is 2.49. The molecule has 2 nitrogen and oxygen atoms in total. The Balaban J connectivity index is 3.02. The number of hydrogen-bond acceptors (Lipinski definition) is 2. The SMILES string of the molecule is CN1C(C)(C)C=C(O)CC1(C)C. The molecule has 0 saturated carbocycles. The standard InChI is InChI=1S/C10H19NO/c1-9(2)6-8(12)7-10(3,4)11(9)5/h6,12H,7H2,1-5H3. The van der Waals surface area contributed by atoms with Gasteiger partial charge >= 0.3 is 0 Å². The Morgan fingerprint density at radius 1 is 1.33 bits per heavy atom. The lowest BCUT2D eigenvalue weighted by molar-refractivity contribution is 0.0469. The summed E-state index contributed by atoms with van der Waals surface area (Å²) in [6, 6.07) is 0. The smallest absolute Gasteiger partial charge is 0.0919 e. The molecule has 1 N–H and O–H groups in total. The summed E-state index contributed by atoms with van der Waals surface area (Å²) in [6.45, 7) is 8.53. The van der Waals surface area contributed by atoms with Gasteiger partial charge in [-0.25, -0.2) is 0 Å². The quantitative estimate of drug-likeness (QED) is 0.601. The van der Waals surface area contributed by atoms with E-state index in [2.05, 4.69) is 39.6 Å². The minimum atomic E-state index is -0.0359. The van der Waals surface area contributed by atoms with Crippen molar-refractivity contribution in [3.8, 4) is 0 Å². The molecule has 0 saturated heterocycles. The van der Waals surface area contributed by atoms with Crippen molar-refractivity contribution in [1.82, 2.24) is 4.90 Å². The Morgan fingerprint density at radius 2 is 1.83 bits per heavy atom. The van der Waals surface area contributed by atoms with Crippen LogP contribution in [0.25, 0.3) is 0 Å². The first kappa shape index (κ1) is 9.59. The van der Waals surface area contributed by atoms with Crippen molar-refractivity contribution in [3.05, 3.63) is 11.8 Å². The normalized spacial score (nSPS) is 28.2. The second-order valence-electron chi connectivity index (χ2n) is 4.84. The van der Waals surface area contributed by atoms with E-state index >= 15 is 0 Å². The molecule has 0 spiro atoms. The summed E-state index contributed by atoms with van der Waals surface area (Å²) in [5.74, 6) is 0.517. The number of hydrogen-bond donors (Lipinski definition) is 1. The third kappa shape index (κ3) is 1.48. The zero-order valence-corrected chi connectivity index (χ0v) is 8.68. The Bertz CT molecular complexity index is 216. The highest BCUT2D eigenvalue weighted by Crippen LogP contribution is 2.34. The first-order valence-electron chi connectivity index (χ1n) is 4.40. The zero-order valence-electron chi connectivity index (χ0n) is 8.68. The molecule has 0 aromatic rings. The van der Waals surface area contributed by atoms with Gasteiger partial charge in [0.25, 0.3) is 0 Å². The number of aliphatic hydroxyl groups excluding tert-OH is 1. The molecular formula is C10H19NO. The Hall–Kier alpha value is -0.500. The summed E-state index contributed by atoms with van der Waals surface area (Å²) in [5, 5.41) is 9.53. The molecule has 1 heterocycles. The highest BCUT2D eigenvalue weighted by atomic mass is 16.3. The molecule has 1 rings (SSSR count). The van der Waals surface area contributed by atoms with Crippen LogP contribution in [0.5, 0.6) is 0 Å². The molecule has 2 heteroatoms. The summed E-state index contributed by atoms with van der Waals surface area (Å²) in [5.41, 5.74) is 0.0220. The van der Waals surface area contributed by atoms with Crippen LogP contribution in [0.2, 0.25) is 0 Å². The fourth-order valence-electron chi connectivity index (χ4n) is 1.90. The average molecular weight is 169 g/mol. The molecular weight excluding hydrogens is 150 g/mol. The molecule has 1 aliphatic rings. The third-order valence-corrected chi connectivity index (χ3v) is 2.91. The molecule has 0 fully saturated rings. The number of rotatable bonds is 0. The van der Waals surface area contributed by atoms with Gasteiger partial charge in [-0.1, -0.05) is 0 Å². The van der Waals surface area contributed by atoms with Crippen molar-refractivity contribution < 1.29 is 5.11 Å². The van der Waals surface area contributed by atoms with E-state index in [1.54, 1.807) is 0 Å². The summed E-state index contributed by atoms with van der Waals surface area (Å²) in [4.78, 5) is 2.29. The molecule has 0 unspecified atom stereocenters. The predicted molar refractivity (Wildman–Crippen MR) is 51.2 cm³/mol. The fraction of sp³-hybridized carbons (Fsp3) is 0.800. The van der Waals surface area contributed by atoms with Crippen LogP contribution in [-0.4, -0.2) is 28.1 Å². The third-order valence-electron chi connectivity index (χ3n) is 2.91. The maximum atomic E-state index is 9.53. The maximum Gasteiger partial charge on any atom is 0.0919 e. The lowest BCUT2D eigenvalue weighted by Crippen LogP contribution is -2.55. The number of likely N-dealkylation sites (N-methyl/N-ethyl adjacent to an activating group) is 1. The van der Waals surface area contributed by atoms with E-state index in [-0.39, 0.29) is 11.1 Å². The van der Waals surface area contributed by atoms with Crippen LogP contribution in [0.3, 0.4) is 0 Å². The van der Waals surface area contributed by atoms with E-state index in [0.717, 1.165) is 6.42 Å². The molecule has 0 aromatic carbocycles. The first-order valence-corrected chi connectivity index (χ1v) is 4.40. The molecule has 0 aromatic heterocycles. The molecule has 1 aliphatic heterocycles. The molecule has 0 amide bonds. The Morgan fingerprint density at radius 3 is 2.25 bits per heavy atom. The number of nitrogens with zero attached hydrogens (tertiary/aromatic N) is 1. The van der Waals surface area contributed by atoms with Crippen LogP contribution < -0.4 is 0 Å². The van der Waals surface area contributed by atoms with E-state index < -0.39 is 0 Å². The lowest BCUT2D eigenvalue weighted by Gasteiger charge is -2.48. The van der Waals surface area contributed by atoms with E-state index in [0.29, 0.717) is 5.76 Å². The largest absolute Gasteiger partial charge is 0.513 e. The van der Waals surface area contributed by atoms with Crippen LogP contribution in [-0.2, 0) is 0 Å². The monoisotopic (exact) mass is 169 g/mol. The van der Waals surface area contributed by atoms with Crippen molar-refractivity contribution in [2.75, 3.05) is 7.05 Å². The molecule has 0 atom stereocenters. The van der Waals surface area contributed by atoms with Gasteiger partial charge in [0.1, 0.15) is 0 Å². The van der Waals surface area contributed by atoms with Gasteiger partial charge in [0, 0.05) is 17.5 Å². The lowest BCUT2D eigenvalue weighted by atomic mass is 9.85. The topological polar surface area (TPSA) is 23.5 Å². The molecule has 0 radical (unpaired) electrons. The highest BCUT2D eigenvalue weighted by molar-refractivity contribution is 5.15. The molecule has 0 aliphatic carbocycles. The van der Waals surface area contributed by atoms with Crippen molar-refractivity contribution in [2.24, 2.45) is 0 Å². The molecule has 0 bridgehead atoms. The van der Waals surface area contributed by atoms with Crippen molar-refractivity contribution >= 4 is 0 Å². The van der Waals surface area contributed by atoms with Crippen LogP contribution in [0.4, 0.5) is 0 Å². The summed E-state index contributed by atoms with van der Waals surface area (Å²) < 4.78 is 0. The minimum absolute atomic E-state index is 0.0359. The Kier molecular flexibility index (Phi) is 1.99. The fourth-order valence-corrected chi connectivity index (χ4v) is 1.90. The van der Waals surface area contributed by atoms with Gasteiger partial charge in [0.2, 0.25) is 0 Å². The van der Waals surface area contributed by atoms with Gasteiger partial charge in [-0.15, -0.1) is 0 Å². The maximum absolute atomic E-state index is 9.53. The number of aliphatic hydroxyl groups is 1. The van der Waals surface area contributed by atoms with Crippen molar-refractivity contribution in [2.45, 2.75) is 45.2 Å². The highest BCUT2D eigenvalue weighted by Gasteiger charge is 2.38. The van der Waals surface area contributed by atoms with Crippen LogP contribution in [0.15, 0.2) is 11.8 Å². The second-order valence-corrected chi connectivity index (χ2v) is 4.84. The van der Waals surface area contributed by atoms with E-state index in [1.807, 2.05) is 6.08 Å².